The van der Waals surface area contributed by atoms with Crippen LogP contribution in [-0.2, 0) is 11.2 Å². The van der Waals surface area contributed by atoms with Crippen LogP contribution in [0.5, 0.6) is 5.75 Å². The molecule has 1 aliphatic heterocycles. The molecule has 2 heterocycles. The maximum atomic E-state index is 12.9. The number of hydrogen-bond donors (Lipinski definition) is 0. The smallest absolute Gasteiger partial charge is 0.260 e. The first-order valence-corrected chi connectivity index (χ1v) is 10.4. The summed E-state index contributed by atoms with van der Waals surface area (Å²) in [5.74, 6) is 1.37. The highest BCUT2D eigenvalue weighted by atomic mass is 19.1. The Labute approximate surface area is 180 Å². The fourth-order valence-corrected chi connectivity index (χ4v) is 3.50. The zero-order valence-electron chi connectivity index (χ0n) is 17.2. The highest BCUT2D eigenvalue weighted by molar-refractivity contribution is 5.77. The molecule has 1 fully saturated rings. The second-order valence-corrected chi connectivity index (χ2v) is 7.45. The quantitative estimate of drug-likeness (QED) is 0.554. The van der Waals surface area contributed by atoms with Gasteiger partial charge in [0.25, 0.3) is 5.91 Å². The predicted molar refractivity (Wildman–Crippen MR) is 113 cm³/mol. The molecule has 1 aliphatic rings. The molecule has 1 aromatic heterocycles. The van der Waals surface area contributed by atoms with E-state index < -0.39 is 0 Å². The Morgan fingerprint density at radius 3 is 2.52 bits per heavy atom. The lowest BCUT2D eigenvalue weighted by atomic mass is 10.2. The Kier molecular flexibility index (Phi) is 6.89. The fourth-order valence-electron chi connectivity index (χ4n) is 3.50. The maximum absolute atomic E-state index is 12.9. The Hall–Kier alpha value is -3.26. The SMILES string of the molecule is O=C(COc1ccc(F)cc1)N1CCN(CCCc2nc(-c3ccccc3)no2)CC1. The average molecular weight is 424 g/mol. The van der Waals surface area contributed by atoms with Crippen LogP contribution in [0.4, 0.5) is 4.39 Å². The lowest BCUT2D eigenvalue weighted by Crippen LogP contribution is -2.50. The number of carbonyl (C=O) groups excluding carboxylic acids is 1. The van der Waals surface area contributed by atoms with Gasteiger partial charge in [-0.15, -0.1) is 0 Å². The van der Waals surface area contributed by atoms with Crippen molar-refractivity contribution < 1.29 is 18.4 Å². The van der Waals surface area contributed by atoms with E-state index in [1.165, 1.54) is 24.3 Å². The Morgan fingerprint density at radius 2 is 1.77 bits per heavy atom. The largest absolute Gasteiger partial charge is 0.484 e. The molecule has 0 unspecified atom stereocenters. The van der Waals surface area contributed by atoms with Gasteiger partial charge in [0.05, 0.1) is 0 Å². The zero-order valence-corrected chi connectivity index (χ0v) is 17.2. The van der Waals surface area contributed by atoms with Gasteiger partial charge in [0.1, 0.15) is 11.6 Å². The van der Waals surface area contributed by atoms with Gasteiger partial charge >= 0.3 is 0 Å². The average Bonchev–Trinajstić information content (AvgIpc) is 3.28. The number of halogens is 1. The molecular formula is C23H25FN4O3. The third-order valence-corrected chi connectivity index (χ3v) is 5.27. The van der Waals surface area contributed by atoms with E-state index in [4.69, 9.17) is 9.26 Å². The Bertz CT molecular complexity index is 970. The molecule has 0 aliphatic carbocycles. The summed E-state index contributed by atoms with van der Waals surface area (Å²) >= 11 is 0. The van der Waals surface area contributed by atoms with Crippen LogP contribution < -0.4 is 4.74 Å². The van der Waals surface area contributed by atoms with Crippen LogP contribution in [0, 0.1) is 5.82 Å². The predicted octanol–water partition coefficient (Wildman–Crippen LogP) is 3.03. The minimum Gasteiger partial charge on any atom is -0.484 e. The van der Waals surface area contributed by atoms with Crippen LogP contribution in [0.1, 0.15) is 12.3 Å². The molecule has 0 N–H and O–H groups in total. The second kappa shape index (κ2) is 10.2. The van der Waals surface area contributed by atoms with E-state index in [9.17, 15) is 9.18 Å². The van der Waals surface area contributed by atoms with Gasteiger partial charge in [-0.3, -0.25) is 9.69 Å². The molecule has 4 rings (SSSR count). The number of piperazine rings is 1. The van der Waals surface area contributed by atoms with Gasteiger partial charge in [0.15, 0.2) is 6.61 Å². The van der Waals surface area contributed by atoms with Gasteiger partial charge in [0.2, 0.25) is 11.7 Å². The van der Waals surface area contributed by atoms with Gasteiger partial charge in [-0.1, -0.05) is 35.5 Å². The highest BCUT2D eigenvalue weighted by Crippen LogP contribution is 2.16. The Morgan fingerprint density at radius 1 is 1.03 bits per heavy atom. The van der Waals surface area contributed by atoms with Crippen molar-refractivity contribution in [3.05, 3.63) is 66.3 Å². The fraction of sp³-hybridized carbons (Fsp3) is 0.348. The summed E-state index contributed by atoms with van der Waals surface area (Å²) < 4.78 is 23.7. The monoisotopic (exact) mass is 424 g/mol. The highest BCUT2D eigenvalue weighted by Gasteiger charge is 2.21. The third kappa shape index (κ3) is 5.88. The van der Waals surface area contributed by atoms with Crippen LogP contribution in [0.15, 0.2) is 59.1 Å². The minimum absolute atomic E-state index is 0.0352. The van der Waals surface area contributed by atoms with E-state index in [2.05, 4.69) is 15.0 Å². The van der Waals surface area contributed by atoms with Crippen molar-refractivity contribution in [2.45, 2.75) is 12.8 Å². The van der Waals surface area contributed by atoms with E-state index in [0.717, 1.165) is 38.0 Å². The normalized spacial score (nSPS) is 14.5. The molecule has 0 radical (unpaired) electrons. The molecule has 162 valence electrons. The maximum Gasteiger partial charge on any atom is 0.260 e. The molecule has 0 bridgehead atoms. The second-order valence-electron chi connectivity index (χ2n) is 7.45. The number of benzene rings is 2. The molecule has 7 nitrogen and oxygen atoms in total. The summed E-state index contributed by atoms with van der Waals surface area (Å²) in [6, 6.07) is 15.4. The van der Waals surface area contributed by atoms with E-state index in [1.54, 1.807) is 0 Å². The van der Waals surface area contributed by atoms with Crippen LogP contribution in [0.2, 0.25) is 0 Å². The summed E-state index contributed by atoms with van der Waals surface area (Å²) in [7, 11) is 0. The number of rotatable bonds is 8. The van der Waals surface area contributed by atoms with Crippen molar-refractivity contribution in [3.8, 4) is 17.1 Å². The van der Waals surface area contributed by atoms with Crippen LogP contribution in [0.3, 0.4) is 0 Å². The molecule has 31 heavy (non-hydrogen) atoms. The molecule has 0 atom stereocenters. The van der Waals surface area contributed by atoms with Crippen molar-refractivity contribution in [1.82, 2.24) is 19.9 Å². The van der Waals surface area contributed by atoms with Crippen molar-refractivity contribution >= 4 is 5.91 Å². The molecule has 1 amide bonds. The van der Waals surface area contributed by atoms with Gasteiger partial charge in [-0.05, 0) is 37.2 Å². The van der Waals surface area contributed by atoms with E-state index in [1.807, 2.05) is 35.2 Å². The number of nitrogens with zero attached hydrogens (tertiary/aromatic N) is 4. The number of carbonyl (C=O) groups is 1. The summed E-state index contributed by atoms with van der Waals surface area (Å²) in [5, 5.41) is 4.05. The molecule has 0 spiro atoms. The summed E-state index contributed by atoms with van der Waals surface area (Å²) in [6.45, 7) is 3.86. The van der Waals surface area contributed by atoms with Crippen molar-refractivity contribution in [1.29, 1.82) is 0 Å². The van der Waals surface area contributed by atoms with Crippen molar-refractivity contribution in [2.75, 3.05) is 39.3 Å². The van der Waals surface area contributed by atoms with Gasteiger partial charge in [0, 0.05) is 38.2 Å². The molecule has 1 saturated heterocycles. The first-order chi connectivity index (χ1) is 15.2. The van der Waals surface area contributed by atoms with Crippen LogP contribution in [-0.4, -0.2) is 65.2 Å². The topological polar surface area (TPSA) is 71.7 Å². The van der Waals surface area contributed by atoms with E-state index in [0.29, 0.717) is 30.6 Å². The third-order valence-electron chi connectivity index (χ3n) is 5.27. The first-order valence-electron chi connectivity index (χ1n) is 10.4. The standard InChI is InChI=1S/C23H25FN4O3/c24-19-8-10-20(11-9-19)30-17-22(29)28-15-13-27(14-16-28)12-4-7-21-25-23(26-31-21)18-5-2-1-3-6-18/h1-3,5-6,8-11H,4,7,12-17H2. The molecule has 3 aromatic rings. The zero-order chi connectivity index (χ0) is 21.5. The number of amides is 1. The molecule has 8 heteroatoms. The summed E-state index contributed by atoms with van der Waals surface area (Å²) in [4.78, 5) is 21.0. The number of ether oxygens (including phenoxy) is 1. The van der Waals surface area contributed by atoms with Crippen molar-refractivity contribution in [2.24, 2.45) is 0 Å². The number of aryl methyl sites for hydroxylation is 1. The Balaban J connectivity index is 1.15. The van der Waals surface area contributed by atoms with Crippen LogP contribution >= 0.6 is 0 Å². The van der Waals surface area contributed by atoms with Crippen molar-refractivity contribution in [3.63, 3.8) is 0 Å². The molecule has 0 saturated carbocycles. The first kappa shape index (κ1) is 21.0. The van der Waals surface area contributed by atoms with E-state index >= 15 is 0 Å². The summed E-state index contributed by atoms with van der Waals surface area (Å²) in [6.07, 6.45) is 1.64. The van der Waals surface area contributed by atoms with Gasteiger partial charge in [-0.25, -0.2) is 4.39 Å². The van der Waals surface area contributed by atoms with Crippen LogP contribution in [0.25, 0.3) is 11.4 Å². The molecule has 2 aromatic carbocycles. The lowest BCUT2D eigenvalue weighted by Gasteiger charge is -2.34. The lowest BCUT2D eigenvalue weighted by molar-refractivity contribution is -0.135. The number of hydrogen-bond acceptors (Lipinski definition) is 6. The van der Waals surface area contributed by atoms with Gasteiger partial charge in [-0.2, -0.15) is 4.98 Å². The molecular weight excluding hydrogens is 399 g/mol. The van der Waals surface area contributed by atoms with Gasteiger partial charge < -0.3 is 14.2 Å². The minimum atomic E-state index is -0.328. The number of aromatic nitrogens is 2. The van der Waals surface area contributed by atoms with E-state index in [-0.39, 0.29) is 18.3 Å². The summed E-state index contributed by atoms with van der Waals surface area (Å²) in [5.41, 5.74) is 0.946.